The molecule has 1 heterocycles. The number of anilines is 2. The molecule has 0 unspecified atom stereocenters. The predicted molar refractivity (Wildman–Crippen MR) is 57.3 cm³/mol. The summed E-state index contributed by atoms with van der Waals surface area (Å²) in [7, 11) is 0. The number of benzene rings is 1. The molecule has 82 valence electrons. The standard InChI is InChI=1S/C10H9FN4O/c11-7-3-6(12)1-2-8(7)16-10-4-9(13)14-5-15-10/h1-5H,12H2,(H2,13,14,15). The first kappa shape index (κ1) is 10.2. The zero-order chi connectivity index (χ0) is 11.5. The summed E-state index contributed by atoms with van der Waals surface area (Å²) in [6.07, 6.45) is 1.24. The van der Waals surface area contributed by atoms with Gasteiger partial charge in [0.25, 0.3) is 0 Å². The Labute approximate surface area is 90.9 Å². The van der Waals surface area contributed by atoms with Crippen molar-refractivity contribution < 1.29 is 9.13 Å². The summed E-state index contributed by atoms with van der Waals surface area (Å²) >= 11 is 0. The second-order valence-electron chi connectivity index (χ2n) is 3.07. The molecule has 0 aliphatic rings. The second kappa shape index (κ2) is 4.01. The molecule has 16 heavy (non-hydrogen) atoms. The highest BCUT2D eigenvalue weighted by atomic mass is 19.1. The number of halogens is 1. The highest BCUT2D eigenvalue weighted by Crippen LogP contribution is 2.24. The Morgan fingerprint density at radius 3 is 2.62 bits per heavy atom. The van der Waals surface area contributed by atoms with Crippen LogP contribution in [0.25, 0.3) is 0 Å². The van der Waals surface area contributed by atoms with Gasteiger partial charge in [-0.05, 0) is 12.1 Å². The number of aromatic nitrogens is 2. The Morgan fingerprint density at radius 2 is 1.94 bits per heavy atom. The number of nitrogens with zero attached hydrogens (tertiary/aromatic N) is 2. The van der Waals surface area contributed by atoms with E-state index >= 15 is 0 Å². The van der Waals surface area contributed by atoms with Gasteiger partial charge in [-0.25, -0.2) is 14.4 Å². The Morgan fingerprint density at radius 1 is 1.12 bits per heavy atom. The molecule has 0 atom stereocenters. The van der Waals surface area contributed by atoms with E-state index in [4.69, 9.17) is 16.2 Å². The van der Waals surface area contributed by atoms with E-state index in [0.717, 1.165) is 0 Å². The van der Waals surface area contributed by atoms with E-state index in [2.05, 4.69) is 9.97 Å². The first-order chi connectivity index (χ1) is 7.65. The third kappa shape index (κ3) is 2.17. The molecule has 0 aliphatic heterocycles. The van der Waals surface area contributed by atoms with Gasteiger partial charge in [0.15, 0.2) is 11.6 Å². The lowest BCUT2D eigenvalue weighted by Crippen LogP contribution is -1.95. The third-order valence-electron chi connectivity index (χ3n) is 1.83. The van der Waals surface area contributed by atoms with Gasteiger partial charge < -0.3 is 16.2 Å². The summed E-state index contributed by atoms with van der Waals surface area (Å²) in [6.45, 7) is 0. The molecule has 0 aliphatic carbocycles. The van der Waals surface area contributed by atoms with E-state index in [1.54, 1.807) is 0 Å². The average Bonchev–Trinajstić information content (AvgIpc) is 2.22. The maximum Gasteiger partial charge on any atom is 0.224 e. The third-order valence-corrected chi connectivity index (χ3v) is 1.83. The quantitative estimate of drug-likeness (QED) is 0.750. The molecule has 0 bridgehead atoms. The molecule has 0 fully saturated rings. The molecule has 0 saturated heterocycles. The van der Waals surface area contributed by atoms with Gasteiger partial charge in [-0.15, -0.1) is 0 Å². The summed E-state index contributed by atoms with van der Waals surface area (Å²) in [5.41, 5.74) is 11.2. The van der Waals surface area contributed by atoms with Gasteiger partial charge in [-0.3, -0.25) is 0 Å². The first-order valence-electron chi connectivity index (χ1n) is 4.45. The van der Waals surface area contributed by atoms with Gasteiger partial charge in [0.2, 0.25) is 5.88 Å². The fourth-order valence-electron chi connectivity index (χ4n) is 1.12. The molecule has 1 aromatic heterocycles. The van der Waals surface area contributed by atoms with Crippen LogP contribution in [-0.4, -0.2) is 9.97 Å². The van der Waals surface area contributed by atoms with Crippen LogP contribution in [0.15, 0.2) is 30.6 Å². The van der Waals surface area contributed by atoms with Crippen LogP contribution in [0.4, 0.5) is 15.9 Å². The van der Waals surface area contributed by atoms with Gasteiger partial charge in [0.05, 0.1) is 0 Å². The molecule has 0 radical (unpaired) electrons. The van der Waals surface area contributed by atoms with E-state index in [-0.39, 0.29) is 17.4 Å². The van der Waals surface area contributed by atoms with Crippen molar-refractivity contribution >= 4 is 11.5 Å². The molecule has 4 N–H and O–H groups in total. The van der Waals surface area contributed by atoms with Crippen molar-refractivity contribution in [2.75, 3.05) is 11.5 Å². The minimum Gasteiger partial charge on any atom is -0.436 e. The summed E-state index contributed by atoms with van der Waals surface area (Å²) in [5.74, 6) is -0.0958. The molecule has 1 aromatic carbocycles. The first-order valence-corrected chi connectivity index (χ1v) is 4.45. The lowest BCUT2D eigenvalue weighted by molar-refractivity contribution is 0.427. The average molecular weight is 220 g/mol. The van der Waals surface area contributed by atoms with E-state index in [9.17, 15) is 4.39 Å². The van der Waals surface area contributed by atoms with E-state index in [1.807, 2.05) is 0 Å². The Kier molecular flexibility index (Phi) is 2.55. The molecular formula is C10H9FN4O. The van der Waals surface area contributed by atoms with E-state index in [0.29, 0.717) is 5.69 Å². The second-order valence-corrected chi connectivity index (χ2v) is 3.07. The summed E-state index contributed by atoms with van der Waals surface area (Å²) < 4.78 is 18.5. The van der Waals surface area contributed by atoms with Crippen LogP contribution in [0.5, 0.6) is 11.6 Å². The minimum atomic E-state index is -0.558. The van der Waals surface area contributed by atoms with Crippen molar-refractivity contribution in [3.8, 4) is 11.6 Å². The maximum absolute atomic E-state index is 13.4. The highest BCUT2D eigenvalue weighted by molar-refractivity contribution is 5.44. The number of nitrogen functional groups attached to an aromatic ring is 2. The Hall–Kier alpha value is -2.37. The van der Waals surface area contributed by atoms with Gasteiger partial charge >= 0.3 is 0 Å². The molecule has 6 heteroatoms. The summed E-state index contributed by atoms with van der Waals surface area (Å²) in [5, 5.41) is 0. The molecule has 2 aromatic rings. The van der Waals surface area contributed by atoms with E-state index in [1.165, 1.54) is 30.6 Å². The summed E-state index contributed by atoms with van der Waals surface area (Å²) in [4.78, 5) is 7.48. The molecular weight excluding hydrogens is 211 g/mol. The monoisotopic (exact) mass is 220 g/mol. The number of rotatable bonds is 2. The van der Waals surface area contributed by atoms with Crippen LogP contribution in [-0.2, 0) is 0 Å². The van der Waals surface area contributed by atoms with Crippen molar-refractivity contribution in [2.45, 2.75) is 0 Å². The lowest BCUT2D eigenvalue weighted by atomic mass is 10.3. The molecule has 0 saturated carbocycles. The Bertz CT molecular complexity index is 518. The fraction of sp³-hybridized carbons (Fsp3) is 0. The molecule has 2 rings (SSSR count). The normalized spacial score (nSPS) is 10.1. The molecule has 5 nitrogen and oxygen atoms in total. The van der Waals surface area contributed by atoms with E-state index < -0.39 is 5.82 Å². The highest BCUT2D eigenvalue weighted by Gasteiger charge is 2.06. The topological polar surface area (TPSA) is 87.0 Å². The Balaban J connectivity index is 2.27. The van der Waals surface area contributed by atoms with Crippen LogP contribution in [0, 0.1) is 5.82 Å². The van der Waals surface area contributed by atoms with Crippen LogP contribution in [0.2, 0.25) is 0 Å². The van der Waals surface area contributed by atoms with Crippen molar-refractivity contribution in [3.63, 3.8) is 0 Å². The van der Waals surface area contributed by atoms with Crippen LogP contribution in [0.1, 0.15) is 0 Å². The van der Waals surface area contributed by atoms with Crippen molar-refractivity contribution in [1.29, 1.82) is 0 Å². The minimum absolute atomic E-state index is 0.0345. The predicted octanol–water partition coefficient (Wildman–Crippen LogP) is 1.57. The van der Waals surface area contributed by atoms with Crippen LogP contribution in [0.3, 0.4) is 0 Å². The fourth-order valence-corrected chi connectivity index (χ4v) is 1.12. The van der Waals surface area contributed by atoms with Crippen LogP contribution < -0.4 is 16.2 Å². The maximum atomic E-state index is 13.4. The zero-order valence-electron chi connectivity index (χ0n) is 8.22. The van der Waals surface area contributed by atoms with Gasteiger partial charge in [0.1, 0.15) is 12.1 Å². The lowest BCUT2D eigenvalue weighted by Gasteiger charge is -2.06. The smallest absolute Gasteiger partial charge is 0.224 e. The van der Waals surface area contributed by atoms with Gasteiger partial charge in [-0.2, -0.15) is 0 Å². The number of hydrogen-bond donors (Lipinski definition) is 2. The molecule has 0 spiro atoms. The molecule has 0 amide bonds. The number of ether oxygens (including phenoxy) is 1. The SMILES string of the molecule is Nc1ccc(Oc2cc(N)ncn2)c(F)c1. The van der Waals surface area contributed by atoms with Gasteiger partial charge in [-0.1, -0.05) is 0 Å². The van der Waals surface area contributed by atoms with Crippen molar-refractivity contribution in [3.05, 3.63) is 36.4 Å². The van der Waals surface area contributed by atoms with Gasteiger partial charge in [0, 0.05) is 17.8 Å². The summed E-state index contributed by atoms with van der Waals surface area (Å²) in [6, 6.07) is 5.52. The largest absolute Gasteiger partial charge is 0.436 e. The van der Waals surface area contributed by atoms with Crippen molar-refractivity contribution in [1.82, 2.24) is 9.97 Å². The number of nitrogens with two attached hydrogens (primary N) is 2. The van der Waals surface area contributed by atoms with Crippen LogP contribution >= 0.6 is 0 Å². The van der Waals surface area contributed by atoms with Crippen molar-refractivity contribution in [2.24, 2.45) is 0 Å². The number of hydrogen-bond acceptors (Lipinski definition) is 5. The zero-order valence-corrected chi connectivity index (χ0v) is 8.22.